The Balaban J connectivity index is 2.52. The molecule has 0 unspecified atom stereocenters. The lowest BCUT2D eigenvalue weighted by Gasteiger charge is -2.03. The largest absolute Gasteiger partial charge is 0.295 e. The molecule has 2 aromatic heterocycles. The highest BCUT2D eigenvalue weighted by Gasteiger charge is 2.06. The summed E-state index contributed by atoms with van der Waals surface area (Å²) in [6, 6.07) is 3.87. The number of aryl methyl sites for hydroxylation is 1. The van der Waals surface area contributed by atoms with Crippen molar-refractivity contribution in [2.24, 2.45) is 0 Å². The summed E-state index contributed by atoms with van der Waals surface area (Å²) in [6.45, 7) is 6.17. The van der Waals surface area contributed by atoms with Gasteiger partial charge in [-0.25, -0.2) is 14.6 Å². The van der Waals surface area contributed by atoms with Gasteiger partial charge in [-0.2, -0.15) is 0 Å². The molecule has 2 heterocycles. The monoisotopic (exact) mass is 234 g/mol. The fourth-order valence-electron chi connectivity index (χ4n) is 1.44. The molecule has 16 heavy (non-hydrogen) atoms. The third-order valence-corrected chi connectivity index (χ3v) is 2.68. The Bertz CT molecular complexity index is 553. The van der Waals surface area contributed by atoms with Crippen LogP contribution >= 0.6 is 12.2 Å². The SMILES string of the molecule is Cc1cc(-n2[nH]c(C(C)C)cc2=S)ncn1. The van der Waals surface area contributed by atoms with E-state index in [0.29, 0.717) is 5.92 Å². The average Bonchev–Trinajstić information content (AvgIpc) is 2.60. The van der Waals surface area contributed by atoms with Crippen LogP contribution in [-0.2, 0) is 0 Å². The smallest absolute Gasteiger partial charge is 0.156 e. The summed E-state index contributed by atoms with van der Waals surface area (Å²) >= 11 is 5.29. The Morgan fingerprint density at radius 2 is 2.06 bits per heavy atom. The van der Waals surface area contributed by atoms with E-state index in [1.165, 1.54) is 0 Å². The van der Waals surface area contributed by atoms with Gasteiger partial charge >= 0.3 is 0 Å². The highest BCUT2D eigenvalue weighted by atomic mass is 32.1. The average molecular weight is 234 g/mol. The van der Waals surface area contributed by atoms with E-state index >= 15 is 0 Å². The van der Waals surface area contributed by atoms with E-state index in [2.05, 4.69) is 28.9 Å². The van der Waals surface area contributed by atoms with E-state index in [1.54, 1.807) is 11.0 Å². The number of aromatic nitrogens is 4. The van der Waals surface area contributed by atoms with Crippen molar-refractivity contribution in [3.05, 3.63) is 34.5 Å². The Hall–Kier alpha value is -1.49. The molecule has 0 atom stereocenters. The molecule has 0 amide bonds. The molecule has 0 aliphatic carbocycles. The molecule has 0 saturated heterocycles. The molecule has 5 heteroatoms. The van der Waals surface area contributed by atoms with Crippen LogP contribution in [0, 0.1) is 11.6 Å². The normalized spacial score (nSPS) is 11.0. The second kappa shape index (κ2) is 4.17. The van der Waals surface area contributed by atoms with E-state index in [-0.39, 0.29) is 0 Å². The predicted octanol–water partition coefficient (Wildman–Crippen LogP) is 2.76. The molecule has 0 bridgehead atoms. The summed E-state index contributed by atoms with van der Waals surface area (Å²) < 4.78 is 2.54. The summed E-state index contributed by atoms with van der Waals surface area (Å²) in [5.41, 5.74) is 2.04. The van der Waals surface area contributed by atoms with Crippen LogP contribution in [0.15, 0.2) is 18.5 Å². The van der Waals surface area contributed by atoms with Gasteiger partial charge in [0, 0.05) is 17.5 Å². The first-order valence-electron chi connectivity index (χ1n) is 5.19. The van der Waals surface area contributed by atoms with E-state index in [4.69, 9.17) is 12.2 Å². The van der Waals surface area contributed by atoms with Gasteiger partial charge in [0.05, 0.1) is 0 Å². The molecule has 2 rings (SSSR count). The van der Waals surface area contributed by atoms with E-state index in [1.807, 2.05) is 19.1 Å². The molecule has 2 aromatic rings. The third kappa shape index (κ3) is 2.04. The molecule has 0 aliphatic rings. The van der Waals surface area contributed by atoms with E-state index in [0.717, 1.165) is 21.8 Å². The van der Waals surface area contributed by atoms with Crippen LogP contribution in [0.3, 0.4) is 0 Å². The van der Waals surface area contributed by atoms with Crippen LogP contribution < -0.4 is 0 Å². The highest BCUT2D eigenvalue weighted by Crippen LogP contribution is 2.14. The lowest BCUT2D eigenvalue weighted by atomic mass is 10.1. The molecular formula is C11H14N4S. The molecule has 84 valence electrons. The minimum Gasteiger partial charge on any atom is -0.295 e. The minimum atomic E-state index is 0.422. The summed E-state index contributed by atoms with van der Waals surface area (Å²) in [6.07, 6.45) is 1.54. The molecule has 0 aromatic carbocycles. The highest BCUT2D eigenvalue weighted by molar-refractivity contribution is 7.71. The van der Waals surface area contributed by atoms with E-state index < -0.39 is 0 Å². The van der Waals surface area contributed by atoms with Gasteiger partial charge in [-0.15, -0.1) is 0 Å². The Morgan fingerprint density at radius 1 is 1.31 bits per heavy atom. The Morgan fingerprint density at radius 3 is 2.62 bits per heavy atom. The number of rotatable bonds is 2. The van der Waals surface area contributed by atoms with Crippen LogP contribution in [0.25, 0.3) is 5.82 Å². The van der Waals surface area contributed by atoms with Gasteiger partial charge in [0.2, 0.25) is 0 Å². The van der Waals surface area contributed by atoms with Crippen LogP contribution in [0.2, 0.25) is 0 Å². The number of nitrogens with one attached hydrogen (secondary N) is 1. The summed E-state index contributed by atoms with van der Waals surface area (Å²) in [7, 11) is 0. The molecular weight excluding hydrogens is 220 g/mol. The van der Waals surface area contributed by atoms with Crippen LogP contribution in [0.5, 0.6) is 0 Å². The number of aromatic amines is 1. The van der Waals surface area contributed by atoms with Crippen molar-refractivity contribution in [3.8, 4) is 5.82 Å². The first-order valence-corrected chi connectivity index (χ1v) is 5.59. The lowest BCUT2D eigenvalue weighted by Crippen LogP contribution is -2.02. The predicted molar refractivity (Wildman–Crippen MR) is 65.4 cm³/mol. The number of nitrogens with zero attached hydrogens (tertiary/aromatic N) is 3. The molecule has 1 N–H and O–H groups in total. The van der Waals surface area contributed by atoms with E-state index in [9.17, 15) is 0 Å². The summed E-state index contributed by atoms with van der Waals surface area (Å²) in [5.74, 6) is 1.20. The second-order valence-corrected chi connectivity index (χ2v) is 4.48. The molecule has 0 aliphatic heterocycles. The van der Waals surface area contributed by atoms with Crippen LogP contribution in [0.1, 0.15) is 31.2 Å². The van der Waals surface area contributed by atoms with Crippen molar-refractivity contribution in [3.63, 3.8) is 0 Å². The Labute approximate surface area is 99.4 Å². The van der Waals surface area contributed by atoms with Crippen molar-refractivity contribution in [1.82, 2.24) is 19.7 Å². The van der Waals surface area contributed by atoms with Crippen molar-refractivity contribution >= 4 is 12.2 Å². The maximum absolute atomic E-state index is 5.29. The van der Waals surface area contributed by atoms with Gasteiger partial charge in [-0.05, 0) is 18.9 Å². The molecule has 0 saturated carbocycles. The Kier molecular flexibility index (Phi) is 2.87. The van der Waals surface area contributed by atoms with Crippen molar-refractivity contribution < 1.29 is 0 Å². The standard InChI is InChI=1S/C11H14N4S/c1-7(2)9-5-11(16)15(14-9)10-4-8(3)12-6-13-10/h4-7,14H,1-3H3. The number of H-pyrrole nitrogens is 1. The van der Waals surface area contributed by atoms with Gasteiger partial charge < -0.3 is 0 Å². The zero-order valence-electron chi connectivity index (χ0n) is 9.56. The maximum Gasteiger partial charge on any atom is 0.156 e. The second-order valence-electron chi connectivity index (χ2n) is 4.06. The van der Waals surface area contributed by atoms with Gasteiger partial charge in [0.1, 0.15) is 11.0 Å². The molecule has 0 spiro atoms. The number of hydrogen-bond acceptors (Lipinski definition) is 3. The van der Waals surface area contributed by atoms with Gasteiger partial charge in [-0.1, -0.05) is 26.1 Å². The quantitative estimate of drug-likeness (QED) is 0.813. The lowest BCUT2D eigenvalue weighted by molar-refractivity contribution is 0.751. The molecule has 0 fully saturated rings. The minimum absolute atomic E-state index is 0.422. The van der Waals surface area contributed by atoms with Gasteiger partial charge in [0.25, 0.3) is 0 Å². The fourth-order valence-corrected chi connectivity index (χ4v) is 1.71. The topological polar surface area (TPSA) is 46.5 Å². The van der Waals surface area contributed by atoms with Gasteiger partial charge in [-0.3, -0.25) is 5.10 Å². The van der Waals surface area contributed by atoms with Crippen molar-refractivity contribution in [1.29, 1.82) is 0 Å². The van der Waals surface area contributed by atoms with Crippen molar-refractivity contribution in [2.45, 2.75) is 26.7 Å². The molecule has 0 radical (unpaired) electrons. The zero-order chi connectivity index (χ0) is 11.7. The zero-order valence-corrected chi connectivity index (χ0v) is 10.4. The first kappa shape index (κ1) is 11.0. The first-order chi connectivity index (χ1) is 7.58. The maximum atomic E-state index is 5.29. The molecule has 4 nitrogen and oxygen atoms in total. The summed E-state index contributed by atoms with van der Waals surface area (Å²) in [4.78, 5) is 8.26. The number of hydrogen-bond donors (Lipinski definition) is 1. The summed E-state index contributed by atoms with van der Waals surface area (Å²) in [5, 5.41) is 3.25. The van der Waals surface area contributed by atoms with Crippen LogP contribution in [0.4, 0.5) is 0 Å². The van der Waals surface area contributed by atoms with Crippen molar-refractivity contribution in [2.75, 3.05) is 0 Å². The van der Waals surface area contributed by atoms with Crippen LogP contribution in [-0.4, -0.2) is 19.7 Å². The third-order valence-electron chi connectivity index (χ3n) is 2.38. The van der Waals surface area contributed by atoms with Gasteiger partial charge in [0.15, 0.2) is 5.82 Å². The fraction of sp³-hybridized carbons (Fsp3) is 0.364.